The highest BCUT2D eigenvalue weighted by Crippen LogP contribution is 2.35. The van der Waals surface area contributed by atoms with E-state index in [2.05, 4.69) is 65.8 Å². The molecule has 0 atom stereocenters. The molecule has 5 nitrogen and oxygen atoms in total. The van der Waals surface area contributed by atoms with E-state index in [4.69, 9.17) is 5.41 Å². The van der Waals surface area contributed by atoms with Crippen molar-refractivity contribution in [2.24, 2.45) is 0 Å². The first-order chi connectivity index (χ1) is 14.0. The fraction of sp³-hybridized carbons (Fsp3) is 0.375. The molecule has 5 heteroatoms. The van der Waals surface area contributed by atoms with Crippen molar-refractivity contribution in [2.75, 3.05) is 18.0 Å². The topological polar surface area (TPSA) is 68.7 Å². The molecule has 3 heterocycles. The molecule has 1 saturated heterocycles. The van der Waals surface area contributed by atoms with E-state index in [0.717, 1.165) is 35.8 Å². The number of hydrogen-bond donors (Lipinski definition) is 2. The number of anilines is 1. The van der Waals surface area contributed by atoms with Crippen LogP contribution in [0.5, 0.6) is 0 Å². The summed E-state index contributed by atoms with van der Waals surface area (Å²) in [5, 5.41) is 8.61. The Morgan fingerprint density at radius 1 is 1.21 bits per heavy atom. The van der Waals surface area contributed by atoms with E-state index in [1.165, 1.54) is 28.0 Å². The minimum absolute atomic E-state index is 0.422. The van der Waals surface area contributed by atoms with Gasteiger partial charge in [0.2, 0.25) is 5.95 Å². The Morgan fingerprint density at radius 2 is 1.97 bits per heavy atom. The van der Waals surface area contributed by atoms with Gasteiger partial charge in [0.05, 0.1) is 0 Å². The highest BCUT2D eigenvalue weighted by Gasteiger charge is 2.25. The normalized spacial score (nSPS) is 18.9. The highest BCUT2D eigenvalue weighted by molar-refractivity contribution is 6.04. The number of nitrogens with zero attached hydrogens (tertiary/aromatic N) is 3. The van der Waals surface area contributed by atoms with Crippen molar-refractivity contribution >= 4 is 22.8 Å². The van der Waals surface area contributed by atoms with Crippen molar-refractivity contribution in [3.8, 4) is 0 Å². The van der Waals surface area contributed by atoms with Gasteiger partial charge in [-0.25, -0.2) is 9.97 Å². The molecule has 2 aromatic heterocycles. The zero-order chi connectivity index (χ0) is 20.5. The third-order valence-corrected chi connectivity index (χ3v) is 5.99. The first-order valence-electron chi connectivity index (χ1n) is 10.4. The Morgan fingerprint density at radius 3 is 2.69 bits per heavy atom. The van der Waals surface area contributed by atoms with Crippen LogP contribution in [0, 0.1) is 5.41 Å². The average Bonchev–Trinajstić information content (AvgIpc) is 3.15. The Balaban J connectivity index is 1.66. The monoisotopic (exact) mass is 387 g/mol. The standard InChI is InChI=1S/C24H29N5/c1-15(2)18-12-27-24(28-13-18)29-11-9-22(25)21(14-29)17(4)19-7-5-6-16(3)23-20(19)8-10-26-23/h6-8,10,12-13,15,25-26H,5,9,11,14H2,1-4H3/b21-17+,25-22?. The smallest absolute Gasteiger partial charge is 0.225 e. The second-order valence-electron chi connectivity index (χ2n) is 8.23. The van der Waals surface area contributed by atoms with Crippen LogP contribution in [0.3, 0.4) is 0 Å². The maximum atomic E-state index is 8.61. The number of rotatable bonds is 3. The summed E-state index contributed by atoms with van der Waals surface area (Å²) < 4.78 is 0. The van der Waals surface area contributed by atoms with Gasteiger partial charge in [-0.1, -0.05) is 26.0 Å². The van der Waals surface area contributed by atoms with Crippen molar-refractivity contribution in [1.29, 1.82) is 5.41 Å². The Hall–Kier alpha value is -2.95. The van der Waals surface area contributed by atoms with E-state index in [1.807, 2.05) is 18.6 Å². The van der Waals surface area contributed by atoms with Crippen LogP contribution in [0.2, 0.25) is 0 Å². The average molecular weight is 388 g/mol. The summed E-state index contributed by atoms with van der Waals surface area (Å²) in [5.74, 6) is 1.17. The molecular formula is C24H29N5. The number of piperidine rings is 1. The van der Waals surface area contributed by atoms with Gasteiger partial charge in [0.15, 0.2) is 0 Å². The van der Waals surface area contributed by atoms with E-state index in [9.17, 15) is 0 Å². The number of aromatic nitrogens is 3. The largest absolute Gasteiger partial charge is 0.361 e. The Bertz CT molecular complexity index is 1020. The molecule has 4 rings (SSSR count). The third-order valence-electron chi connectivity index (χ3n) is 5.99. The number of fused-ring (bicyclic) bond motifs is 1. The van der Waals surface area contributed by atoms with E-state index >= 15 is 0 Å². The molecule has 0 spiro atoms. The van der Waals surface area contributed by atoms with E-state index < -0.39 is 0 Å². The van der Waals surface area contributed by atoms with E-state index in [1.54, 1.807) is 0 Å². The van der Waals surface area contributed by atoms with Gasteiger partial charge in [0.25, 0.3) is 0 Å². The van der Waals surface area contributed by atoms with Crippen LogP contribution in [0.4, 0.5) is 5.95 Å². The van der Waals surface area contributed by atoms with Crippen molar-refractivity contribution < 1.29 is 0 Å². The number of H-pyrrole nitrogens is 1. The van der Waals surface area contributed by atoms with Crippen LogP contribution >= 0.6 is 0 Å². The van der Waals surface area contributed by atoms with Crippen molar-refractivity contribution in [1.82, 2.24) is 15.0 Å². The molecule has 0 saturated carbocycles. The molecule has 29 heavy (non-hydrogen) atoms. The van der Waals surface area contributed by atoms with Crippen LogP contribution in [-0.2, 0) is 0 Å². The lowest BCUT2D eigenvalue weighted by Gasteiger charge is -2.31. The zero-order valence-corrected chi connectivity index (χ0v) is 17.7. The minimum Gasteiger partial charge on any atom is -0.361 e. The summed E-state index contributed by atoms with van der Waals surface area (Å²) >= 11 is 0. The number of nitrogens with one attached hydrogen (secondary N) is 2. The molecule has 0 aromatic carbocycles. The first-order valence-corrected chi connectivity index (χ1v) is 10.4. The molecule has 2 N–H and O–H groups in total. The third kappa shape index (κ3) is 3.69. The first kappa shape index (κ1) is 19.4. The summed E-state index contributed by atoms with van der Waals surface area (Å²) in [5.41, 5.74) is 9.05. The van der Waals surface area contributed by atoms with Gasteiger partial charge >= 0.3 is 0 Å². The van der Waals surface area contributed by atoms with Gasteiger partial charge < -0.3 is 15.3 Å². The lowest BCUT2D eigenvalue weighted by atomic mass is 9.89. The molecule has 0 unspecified atom stereocenters. The number of hydrogen-bond acceptors (Lipinski definition) is 4. The van der Waals surface area contributed by atoms with Gasteiger partial charge in [-0.3, -0.25) is 0 Å². The lowest BCUT2D eigenvalue weighted by Crippen LogP contribution is -2.37. The molecule has 0 radical (unpaired) electrons. The summed E-state index contributed by atoms with van der Waals surface area (Å²) in [4.78, 5) is 14.8. The zero-order valence-electron chi connectivity index (χ0n) is 17.7. The van der Waals surface area contributed by atoms with Crippen LogP contribution in [0.15, 0.2) is 48.0 Å². The van der Waals surface area contributed by atoms with Gasteiger partial charge in [0.1, 0.15) is 0 Å². The van der Waals surface area contributed by atoms with Crippen molar-refractivity contribution in [3.63, 3.8) is 0 Å². The van der Waals surface area contributed by atoms with E-state index in [0.29, 0.717) is 18.9 Å². The minimum atomic E-state index is 0.422. The van der Waals surface area contributed by atoms with Crippen LogP contribution < -0.4 is 4.90 Å². The van der Waals surface area contributed by atoms with Gasteiger partial charge in [-0.15, -0.1) is 0 Å². The molecule has 1 fully saturated rings. The summed E-state index contributed by atoms with van der Waals surface area (Å²) in [6.07, 6.45) is 12.0. The van der Waals surface area contributed by atoms with Gasteiger partial charge in [-0.2, -0.15) is 0 Å². The predicted molar refractivity (Wildman–Crippen MR) is 120 cm³/mol. The van der Waals surface area contributed by atoms with Crippen LogP contribution in [0.1, 0.15) is 63.3 Å². The molecular weight excluding hydrogens is 358 g/mol. The summed E-state index contributed by atoms with van der Waals surface area (Å²) in [6.45, 7) is 10.1. The quantitative estimate of drug-likeness (QED) is 0.744. The predicted octanol–water partition coefficient (Wildman–Crippen LogP) is 5.37. The van der Waals surface area contributed by atoms with Crippen LogP contribution in [0.25, 0.3) is 11.1 Å². The summed E-state index contributed by atoms with van der Waals surface area (Å²) in [6, 6.07) is 2.14. The highest BCUT2D eigenvalue weighted by atomic mass is 15.2. The van der Waals surface area contributed by atoms with Crippen molar-refractivity contribution in [2.45, 2.75) is 46.5 Å². The SMILES string of the molecule is CC1=CCC=C(/C(C)=C2\CN(c3ncc(C(C)C)cn3)CCC2=N)c2cc[nH]c21. The number of allylic oxidation sites excluding steroid dienone is 5. The fourth-order valence-corrected chi connectivity index (χ4v) is 4.07. The summed E-state index contributed by atoms with van der Waals surface area (Å²) in [7, 11) is 0. The fourth-order valence-electron chi connectivity index (χ4n) is 4.07. The molecule has 2 aliphatic rings. The maximum absolute atomic E-state index is 8.61. The van der Waals surface area contributed by atoms with Crippen molar-refractivity contribution in [3.05, 3.63) is 64.8 Å². The van der Waals surface area contributed by atoms with E-state index in [-0.39, 0.29) is 0 Å². The molecule has 150 valence electrons. The maximum Gasteiger partial charge on any atom is 0.225 e. The van der Waals surface area contributed by atoms with Gasteiger partial charge in [0, 0.05) is 55.1 Å². The molecule has 2 aromatic rings. The van der Waals surface area contributed by atoms with Crippen LogP contribution in [-0.4, -0.2) is 33.8 Å². The molecule has 0 amide bonds. The molecule has 0 bridgehead atoms. The number of aromatic amines is 1. The lowest BCUT2D eigenvalue weighted by molar-refractivity contribution is 0.772. The second-order valence-corrected chi connectivity index (χ2v) is 8.23. The Kier molecular flexibility index (Phi) is 5.22. The Labute approximate surface area is 172 Å². The molecule has 1 aliphatic carbocycles. The van der Waals surface area contributed by atoms with Gasteiger partial charge in [-0.05, 0) is 60.1 Å². The molecule has 1 aliphatic heterocycles. The second kappa shape index (κ2) is 7.82.